The highest BCUT2D eigenvalue weighted by atomic mass is 16.5. The molecule has 1 aliphatic rings. The molecule has 0 aromatic carbocycles. The largest absolute Gasteiger partial charge is 0.453 e. The number of fused-ring (bicyclic) bond motifs is 1. The van der Waals surface area contributed by atoms with Crippen LogP contribution in [0.25, 0.3) is 16.9 Å². The minimum atomic E-state index is -0.457. The highest BCUT2D eigenvalue weighted by Gasteiger charge is 2.30. The minimum absolute atomic E-state index is 0.112. The molecule has 34 heavy (non-hydrogen) atoms. The zero-order valence-corrected chi connectivity index (χ0v) is 18.4. The van der Waals surface area contributed by atoms with E-state index >= 15 is 0 Å². The predicted molar refractivity (Wildman–Crippen MR) is 122 cm³/mol. The van der Waals surface area contributed by atoms with Crippen molar-refractivity contribution in [3.63, 3.8) is 0 Å². The highest BCUT2D eigenvalue weighted by Crippen LogP contribution is 2.32. The van der Waals surface area contributed by atoms with Crippen LogP contribution in [0, 0.1) is 28.6 Å². The van der Waals surface area contributed by atoms with Gasteiger partial charge in [0.15, 0.2) is 0 Å². The topological polar surface area (TPSA) is 157 Å². The van der Waals surface area contributed by atoms with E-state index in [1.54, 1.807) is 16.6 Å². The average Bonchev–Trinajstić information content (AvgIpc) is 3.26. The summed E-state index contributed by atoms with van der Waals surface area (Å²) in [5, 5.41) is 30.9. The number of methoxy groups -OCH3 is 1. The number of hydrogen-bond donors (Lipinski definition) is 3. The Morgan fingerprint density at radius 3 is 2.76 bits per heavy atom. The number of nitrogens with zero attached hydrogens (tertiary/aromatic N) is 5. The average molecular weight is 458 g/mol. The van der Waals surface area contributed by atoms with Gasteiger partial charge in [0.1, 0.15) is 12.6 Å². The van der Waals surface area contributed by atoms with E-state index in [4.69, 9.17) is 10.5 Å². The summed E-state index contributed by atoms with van der Waals surface area (Å²) >= 11 is 0. The molecule has 11 heteroatoms. The minimum Gasteiger partial charge on any atom is -0.453 e. The summed E-state index contributed by atoms with van der Waals surface area (Å²) in [6.07, 6.45) is 4.13. The lowest BCUT2D eigenvalue weighted by atomic mass is 9.80. The fraction of sp³-hybridized carbons (Fsp3) is 0.304. The molecule has 0 unspecified atom stereocenters. The molecule has 0 aliphatic heterocycles. The van der Waals surface area contributed by atoms with Gasteiger partial charge in [0.25, 0.3) is 5.91 Å². The Bertz CT molecular complexity index is 1310. The molecule has 0 saturated heterocycles. The maximum absolute atomic E-state index is 12.6. The van der Waals surface area contributed by atoms with Gasteiger partial charge in [-0.15, -0.1) is 0 Å². The van der Waals surface area contributed by atoms with E-state index in [-0.39, 0.29) is 12.6 Å². The Balaban J connectivity index is 1.57. The lowest BCUT2D eigenvalue weighted by Crippen LogP contribution is -2.42. The van der Waals surface area contributed by atoms with E-state index in [0.29, 0.717) is 40.7 Å². The number of alkyl carbamates (subject to hydrolysis) is 1. The molecule has 2 amide bonds. The molecule has 172 valence electrons. The number of anilines is 1. The van der Waals surface area contributed by atoms with Crippen LogP contribution >= 0.6 is 0 Å². The van der Waals surface area contributed by atoms with Crippen LogP contribution in [0.5, 0.6) is 0 Å². The molecule has 3 heterocycles. The van der Waals surface area contributed by atoms with Crippen molar-refractivity contribution < 1.29 is 14.3 Å². The predicted octanol–water partition coefficient (Wildman–Crippen LogP) is 2.07. The van der Waals surface area contributed by atoms with Crippen molar-refractivity contribution in [2.45, 2.75) is 18.9 Å². The molecule has 1 saturated carbocycles. The maximum atomic E-state index is 12.6. The number of nitrogens with one attached hydrogen (secondary N) is 3. The zero-order chi connectivity index (χ0) is 24.1. The van der Waals surface area contributed by atoms with Crippen LogP contribution in [0.15, 0.2) is 36.7 Å². The summed E-state index contributed by atoms with van der Waals surface area (Å²) < 4.78 is 6.28. The van der Waals surface area contributed by atoms with Crippen molar-refractivity contribution >= 4 is 23.2 Å². The molecule has 3 aromatic rings. The molecule has 0 radical (unpaired) electrons. The Morgan fingerprint density at radius 1 is 1.21 bits per heavy atom. The van der Waals surface area contributed by atoms with Gasteiger partial charge in [0, 0.05) is 18.8 Å². The van der Waals surface area contributed by atoms with Gasteiger partial charge in [-0.25, -0.2) is 9.31 Å². The van der Waals surface area contributed by atoms with Gasteiger partial charge in [0.05, 0.1) is 53.1 Å². The summed E-state index contributed by atoms with van der Waals surface area (Å²) in [4.78, 5) is 28.3. The van der Waals surface area contributed by atoms with Crippen molar-refractivity contribution in [1.82, 2.24) is 25.2 Å². The Kier molecular flexibility index (Phi) is 6.55. The van der Waals surface area contributed by atoms with Gasteiger partial charge in [-0.05, 0) is 43.0 Å². The second kappa shape index (κ2) is 9.88. The van der Waals surface area contributed by atoms with Crippen LogP contribution in [0.2, 0.25) is 0 Å². The Hall–Kier alpha value is -4.64. The van der Waals surface area contributed by atoms with Crippen molar-refractivity contribution in [2.24, 2.45) is 5.92 Å². The molecule has 0 bridgehead atoms. The number of nitriles is 2. The van der Waals surface area contributed by atoms with Crippen LogP contribution in [0.1, 0.15) is 28.8 Å². The third kappa shape index (κ3) is 4.74. The van der Waals surface area contributed by atoms with Crippen LogP contribution in [0.4, 0.5) is 10.5 Å². The van der Waals surface area contributed by atoms with Gasteiger partial charge in [-0.3, -0.25) is 9.78 Å². The number of amides is 2. The summed E-state index contributed by atoms with van der Waals surface area (Å²) in [5.74, 6) is -0.0926. The number of rotatable bonds is 7. The van der Waals surface area contributed by atoms with Crippen LogP contribution in [0.3, 0.4) is 0 Å². The molecule has 11 nitrogen and oxygen atoms in total. The second-order valence-corrected chi connectivity index (χ2v) is 7.92. The van der Waals surface area contributed by atoms with E-state index in [1.165, 1.54) is 19.5 Å². The maximum Gasteiger partial charge on any atom is 0.406 e. The first-order chi connectivity index (χ1) is 16.5. The molecule has 3 N–H and O–H groups in total. The van der Waals surface area contributed by atoms with Crippen LogP contribution in [-0.2, 0) is 4.74 Å². The Morgan fingerprint density at radius 2 is 2.03 bits per heavy atom. The van der Waals surface area contributed by atoms with Crippen molar-refractivity contribution in [3.8, 4) is 23.5 Å². The van der Waals surface area contributed by atoms with E-state index in [1.807, 2.05) is 18.2 Å². The summed E-state index contributed by atoms with van der Waals surface area (Å²) in [6.45, 7) is 0.410. The SMILES string of the molecule is COC(=O)NCC1CC(Nc2cc(-c3ccc4cc(C#N)cnn34)ncc2C(=O)NCC#N)C1. The van der Waals surface area contributed by atoms with E-state index in [0.717, 1.165) is 18.4 Å². The normalized spacial score (nSPS) is 16.6. The van der Waals surface area contributed by atoms with Crippen LogP contribution in [-0.4, -0.2) is 52.8 Å². The highest BCUT2D eigenvalue weighted by molar-refractivity contribution is 6.00. The number of pyridine rings is 1. The number of aromatic nitrogens is 3. The van der Waals surface area contributed by atoms with E-state index in [9.17, 15) is 9.59 Å². The lowest BCUT2D eigenvalue weighted by Gasteiger charge is -2.36. The number of ether oxygens (including phenoxy) is 1. The molecule has 0 spiro atoms. The van der Waals surface area contributed by atoms with E-state index in [2.05, 4.69) is 36.8 Å². The van der Waals surface area contributed by atoms with Gasteiger partial charge >= 0.3 is 6.09 Å². The standard InChI is InChI=1S/C23H22N8O3/c1-34-23(33)28-11-14-6-16(7-14)30-19-9-20(27-13-18(19)22(32)26-5-4-24)21-3-2-17-8-15(10-25)12-29-31(17)21/h2-3,8-9,12-14,16H,5-7,11H2,1H3,(H,26,32)(H,27,30)(H,28,33). The van der Waals surface area contributed by atoms with E-state index < -0.39 is 12.0 Å². The first-order valence-electron chi connectivity index (χ1n) is 10.6. The summed E-state index contributed by atoms with van der Waals surface area (Å²) in [5.41, 5.74) is 3.43. The van der Waals surface area contributed by atoms with Crippen molar-refractivity contribution in [3.05, 3.63) is 47.8 Å². The molecule has 3 aromatic heterocycles. The summed E-state index contributed by atoms with van der Waals surface area (Å²) in [6, 6.07) is 11.3. The number of carbonyl (C=O) groups is 2. The third-order valence-electron chi connectivity index (χ3n) is 5.68. The number of hydrogen-bond acceptors (Lipinski definition) is 8. The van der Waals surface area contributed by atoms with Gasteiger partial charge in [0.2, 0.25) is 0 Å². The third-order valence-corrected chi connectivity index (χ3v) is 5.68. The monoisotopic (exact) mass is 458 g/mol. The number of carbonyl (C=O) groups excluding carboxylic acids is 2. The van der Waals surface area contributed by atoms with Crippen LogP contribution < -0.4 is 16.0 Å². The molecule has 4 rings (SSSR count). The zero-order valence-electron chi connectivity index (χ0n) is 18.4. The van der Waals surface area contributed by atoms with Crippen molar-refractivity contribution in [1.29, 1.82) is 10.5 Å². The lowest BCUT2D eigenvalue weighted by molar-refractivity contribution is 0.0958. The molecular weight excluding hydrogens is 436 g/mol. The van der Waals surface area contributed by atoms with Gasteiger partial charge < -0.3 is 20.7 Å². The molecule has 1 aliphatic carbocycles. The Labute approximate surface area is 195 Å². The summed E-state index contributed by atoms with van der Waals surface area (Å²) in [7, 11) is 1.33. The fourth-order valence-corrected chi connectivity index (χ4v) is 3.91. The molecule has 0 atom stereocenters. The van der Waals surface area contributed by atoms with Gasteiger partial charge in [-0.1, -0.05) is 0 Å². The van der Waals surface area contributed by atoms with Gasteiger partial charge in [-0.2, -0.15) is 15.6 Å². The first-order valence-corrected chi connectivity index (χ1v) is 10.6. The quantitative estimate of drug-likeness (QED) is 0.454. The first kappa shape index (κ1) is 22.6. The molecule has 1 fully saturated rings. The second-order valence-electron chi connectivity index (χ2n) is 7.92. The smallest absolute Gasteiger partial charge is 0.406 e. The van der Waals surface area contributed by atoms with Crippen molar-refractivity contribution in [2.75, 3.05) is 25.5 Å². The molecular formula is C23H22N8O3. The fourth-order valence-electron chi connectivity index (χ4n) is 3.91.